The van der Waals surface area contributed by atoms with E-state index >= 15 is 0 Å². The van der Waals surface area contributed by atoms with E-state index in [1.165, 1.54) is 4.31 Å². The summed E-state index contributed by atoms with van der Waals surface area (Å²) in [5, 5.41) is 6.61. The summed E-state index contributed by atoms with van der Waals surface area (Å²) in [7, 11) is -3.51. The van der Waals surface area contributed by atoms with Gasteiger partial charge in [-0.15, -0.1) is 0 Å². The molecule has 6 nitrogen and oxygen atoms in total. The van der Waals surface area contributed by atoms with Gasteiger partial charge in [0.15, 0.2) is 5.11 Å². The summed E-state index contributed by atoms with van der Waals surface area (Å²) in [4.78, 5) is 4.31. The number of nitrogens with one attached hydrogen (secondary N) is 2. The normalized spacial score (nSPS) is 11.4. The Morgan fingerprint density at radius 2 is 1.96 bits per heavy atom. The molecule has 1 heterocycles. The van der Waals surface area contributed by atoms with E-state index in [1.54, 1.807) is 30.6 Å². The highest BCUT2D eigenvalue weighted by Gasteiger charge is 2.22. The third-order valence-corrected chi connectivity index (χ3v) is 6.27. The number of rotatable bonds is 7. The molecule has 0 aliphatic heterocycles. The Bertz CT molecular complexity index is 851. The number of hydrogen-bond acceptors (Lipinski definition) is 4. The van der Waals surface area contributed by atoms with E-state index in [0.29, 0.717) is 30.4 Å². The Balaban J connectivity index is 2.13. The summed E-state index contributed by atoms with van der Waals surface area (Å²) in [5.74, 6) is 0. The van der Waals surface area contributed by atoms with Gasteiger partial charge in [-0.05, 0) is 48.5 Å². The summed E-state index contributed by atoms with van der Waals surface area (Å²) in [5.41, 5.74) is 2.59. The second-order valence-corrected chi connectivity index (χ2v) is 8.08. The standard InChI is InChI=1S/C18H24N4O2S2/c1-4-22(5-2)26(23,24)16-9-8-14(3)17(11-16)21-18(25)20-13-15-7-6-10-19-12-15/h6-12H,4-5,13H2,1-3H3,(H2,20,21,25). The van der Waals surface area contributed by atoms with Crippen molar-refractivity contribution in [2.75, 3.05) is 18.4 Å². The minimum atomic E-state index is -3.51. The largest absolute Gasteiger partial charge is 0.358 e. The van der Waals surface area contributed by atoms with Crippen molar-refractivity contribution >= 4 is 33.0 Å². The van der Waals surface area contributed by atoms with Crippen LogP contribution in [0, 0.1) is 6.92 Å². The first-order valence-electron chi connectivity index (χ1n) is 8.43. The zero-order valence-corrected chi connectivity index (χ0v) is 16.8. The lowest BCUT2D eigenvalue weighted by Crippen LogP contribution is -2.31. The molecule has 140 valence electrons. The van der Waals surface area contributed by atoms with Crippen LogP contribution >= 0.6 is 12.2 Å². The van der Waals surface area contributed by atoms with Crippen LogP contribution in [-0.4, -0.2) is 35.9 Å². The molecular weight excluding hydrogens is 368 g/mol. The van der Waals surface area contributed by atoms with Crippen molar-refractivity contribution in [1.82, 2.24) is 14.6 Å². The maximum absolute atomic E-state index is 12.7. The molecule has 2 rings (SSSR count). The molecule has 0 unspecified atom stereocenters. The highest BCUT2D eigenvalue weighted by Crippen LogP contribution is 2.23. The van der Waals surface area contributed by atoms with Crippen LogP contribution in [0.25, 0.3) is 0 Å². The van der Waals surface area contributed by atoms with Gasteiger partial charge in [0.1, 0.15) is 0 Å². The Hall–Kier alpha value is -2.03. The quantitative estimate of drug-likeness (QED) is 0.706. The Morgan fingerprint density at radius 3 is 2.58 bits per heavy atom. The number of hydrogen-bond donors (Lipinski definition) is 2. The molecule has 0 amide bonds. The molecule has 1 aromatic heterocycles. The summed E-state index contributed by atoms with van der Waals surface area (Å²) >= 11 is 5.33. The molecule has 0 radical (unpaired) electrons. The van der Waals surface area contributed by atoms with E-state index in [2.05, 4.69) is 15.6 Å². The van der Waals surface area contributed by atoms with Gasteiger partial charge >= 0.3 is 0 Å². The van der Waals surface area contributed by atoms with Crippen molar-refractivity contribution in [2.45, 2.75) is 32.2 Å². The van der Waals surface area contributed by atoms with Crippen LogP contribution in [0.15, 0.2) is 47.6 Å². The first-order chi connectivity index (χ1) is 12.4. The fourth-order valence-electron chi connectivity index (χ4n) is 2.46. The van der Waals surface area contributed by atoms with Gasteiger partial charge in [-0.1, -0.05) is 26.0 Å². The smallest absolute Gasteiger partial charge is 0.243 e. The summed E-state index contributed by atoms with van der Waals surface area (Å²) < 4.78 is 26.8. The number of thiocarbonyl (C=S) groups is 1. The average Bonchev–Trinajstić information content (AvgIpc) is 2.63. The number of benzene rings is 1. The van der Waals surface area contributed by atoms with E-state index in [1.807, 2.05) is 32.9 Å². The molecule has 8 heteroatoms. The van der Waals surface area contributed by atoms with Crippen LogP contribution in [0.4, 0.5) is 5.69 Å². The van der Waals surface area contributed by atoms with Crippen molar-refractivity contribution in [2.24, 2.45) is 0 Å². The Kier molecular flexibility index (Phi) is 7.07. The third kappa shape index (κ3) is 5.00. The molecule has 2 N–H and O–H groups in total. The van der Waals surface area contributed by atoms with E-state index < -0.39 is 10.0 Å². The highest BCUT2D eigenvalue weighted by molar-refractivity contribution is 7.89. The van der Waals surface area contributed by atoms with Gasteiger partial charge in [-0.25, -0.2) is 8.42 Å². The average molecular weight is 393 g/mol. The molecule has 26 heavy (non-hydrogen) atoms. The summed E-state index contributed by atoms with van der Waals surface area (Å²) in [6, 6.07) is 8.84. The van der Waals surface area contributed by atoms with Gasteiger partial charge in [0, 0.05) is 37.7 Å². The molecule has 2 aromatic rings. The SMILES string of the molecule is CCN(CC)S(=O)(=O)c1ccc(C)c(NC(=S)NCc2cccnc2)c1. The Morgan fingerprint density at radius 1 is 1.23 bits per heavy atom. The lowest BCUT2D eigenvalue weighted by atomic mass is 10.2. The van der Waals surface area contributed by atoms with Crippen LogP contribution in [0.2, 0.25) is 0 Å². The first-order valence-corrected chi connectivity index (χ1v) is 10.3. The van der Waals surface area contributed by atoms with E-state index in [9.17, 15) is 8.42 Å². The molecule has 0 atom stereocenters. The van der Waals surface area contributed by atoms with E-state index in [0.717, 1.165) is 11.1 Å². The number of aryl methyl sites for hydroxylation is 1. The molecule has 1 aromatic carbocycles. The lowest BCUT2D eigenvalue weighted by Gasteiger charge is -2.20. The predicted octanol–water partition coefficient (Wildman–Crippen LogP) is 2.91. The fraction of sp³-hybridized carbons (Fsp3) is 0.333. The van der Waals surface area contributed by atoms with E-state index in [4.69, 9.17) is 12.2 Å². The maximum atomic E-state index is 12.7. The van der Waals surface area contributed by atoms with Crippen molar-refractivity contribution in [1.29, 1.82) is 0 Å². The molecule has 0 saturated carbocycles. The second-order valence-electron chi connectivity index (χ2n) is 5.74. The fourth-order valence-corrected chi connectivity index (χ4v) is 4.13. The maximum Gasteiger partial charge on any atom is 0.243 e. The number of nitrogens with zero attached hydrogens (tertiary/aromatic N) is 2. The minimum absolute atomic E-state index is 0.254. The topological polar surface area (TPSA) is 74.3 Å². The molecular formula is C18H24N4O2S2. The van der Waals surface area contributed by atoms with Crippen LogP contribution in [0.5, 0.6) is 0 Å². The molecule has 0 spiro atoms. The monoisotopic (exact) mass is 392 g/mol. The molecule has 0 saturated heterocycles. The van der Waals surface area contributed by atoms with Crippen LogP contribution in [-0.2, 0) is 16.6 Å². The molecule has 0 bridgehead atoms. The number of pyridine rings is 1. The van der Waals surface area contributed by atoms with Gasteiger partial charge in [0.25, 0.3) is 0 Å². The third-order valence-electron chi connectivity index (χ3n) is 3.98. The van der Waals surface area contributed by atoms with Crippen LogP contribution in [0.3, 0.4) is 0 Å². The Labute approximate surface area is 160 Å². The zero-order chi connectivity index (χ0) is 19.2. The zero-order valence-electron chi connectivity index (χ0n) is 15.2. The summed E-state index contributed by atoms with van der Waals surface area (Å²) in [6.07, 6.45) is 3.48. The summed E-state index contributed by atoms with van der Waals surface area (Å²) in [6.45, 7) is 6.95. The lowest BCUT2D eigenvalue weighted by molar-refractivity contribution is 0.445. The number of sulfonamides is 1. The first kappa shape index (κ1) is 20.3. The van der Waals surface area contributed by atoms with Crippen molar-refractivity contribution < 1.29 is 8.42 Å². The van der Waals surface area contributed by atoms with E-state index in [-0.39, 0.29) is 4.90 Å². The number of aromatic nitrogens is 1. The van der Waals surface area contributed by atoms with Crippen LogP contribution < -0.4 is 10.6 Å². The van der Waals surface area contributed by atoms with Gasteiger partial charge in [-0.3, -0.25) is 4.98 Å². The van der Waals surface area contributed by atoms with Gasteiger partial charge in [-0.2, -0.15) is 4.31 Å². The van der Waals surface area contributed by atoms with Gasteiger partial charge in [0.05, 0.1) is 4.90 Å². The van der Waals surface area contributed by atoms with Crippen molar-refractivity contribution in [3.8, 4) is 0 Å². The van der Waals surface area contributed by atoms with Gasteiger partial charge in [0.2, 0.25) is 10.0 Å². The minimum Gasteiger partial charge on any atom is -0.358 e. The van der Waals surface area contributed by atoms with Gasteiger partial charge < -0.3 is 10.6 Å². The van der Waals surface area contributed by atoms with Crippen molar-refractivity contribution in [3.05, 3.63) is 53.9 Å². The second kappa shape index (κ2) is 9.07. The highest BCUT2D eigenvalue weighted by atomic mass is 32.2. The number of anilines is 1. The molecule has 0 aliphatic rings. The van der Waals surface area contributed by atoms with Crippen molar-refractivity contribution in [3.63, 3.8) is 0 Å². The molecule has 0 aliphatic carbocycles. The predicted molar refractivity (Wildman–Crippen MR) is 109 cm³/mol. The molecule has 0 fully saturated rings. The van der Waals surface area contributed by atoms with Crippen LogP contribution in [0.1, 0.15) is 25.0 Å².